The second-order valence-corrected chi connectivity index (χ2v) is 9.62. The van der Waals surface area contributed by atoms with E-state index >= 15 is 0 Å². The molecule has 1 aliphatic carbocycles. The largest absolute Gasteiger partial charge is 0.0654 e. The fraction of sp³-hybridized carbons (Fsp3) is 0.586. The molecule has 0 aliphatic heterocycles. The first-order valence-corrected chi connectivity index (χ1v) is 12.2. The maximum Gasteiger partial charge on any atom is 0.00137 e. The van der Waals surface area contributed by atoms with Crippen molar-refractivity contribution in [3.8, 4) is 0 Å². The number of hydrogen-bond acceptors (Lipinski definition) is 0. The molecule has 0 heteroatoms. The predicted molar refractivity (Wildman–Crippen MR) is 128 cm³/mol. The minimum Gasteiger partial charge on any atom is -0.0654 e. The van der Waals surface area contributed by atoms with Gasteiger partial charge in [0.25, 0.3) is 0 Å². The van der Waals surface area contributed by atoms with E-state index in [1.54, 1.807) is 5.56 Å². The second kappa shape index (κ2) is 9.96. The van der Waals surface area contributed by atoms with Gasteiger partial charge in [-0.15, -0.1) is 0 Å². The van der Waals surface area contributed by atoms with Crippen LogP contribution in [0.3, 0.4) is 0 Å². The van der Waals surface area contributed by atoms with Gasteiger partial charge < -0.3 is 0 Å². The first kappa shape index (κ1) is 22.1. The Bertz CT molecular complexity index is 725. The van der Waals surface area contributed by atoms with Crippen molar-refractivity contribution >= 4 is 0 Å². The zero-order chi connectivity index (χ0) is 20.9. The molecule has 2 aromatic carbocycles. The zero-order valence-corrected chi connectivity index (χ0v) is 19.5. The highest BCUT2D eigenvalue weighted by atomic mass is 14.4. The summed E-state index contributed by atoms with van der Waals surface area (Å²) in [6, 6.07) is 19.0. The van der Waals surface area contributed by atoms with Gasteiger partial charge in [0.1, 0.15) is 0 Å². The summed E-state index contributed by atoms with van der Waals surface area (Å²) in [5.74, 6) is 2.29. The smallest absolute Gasteiger partial charge is 0.00137 e. The van der Waals surface area contributed by atoms with Crippen molar-refractivity contribution in [3.05, 3.63) is 70.8 Å². The standard InChI is InChI=1S/C29H42/c1-6-9-24-12-14-26(15-13-24)27-18-16-25(17-19-27)23(5)29(7-2,8-3)28-20-10-22(4)11-21-28/h10-11,16-21,23-24,26H,6-9,12-15H2,1-5H3/t23-,24?,26?/m1/s1. The SMILES string of the molecule is CCCC1CCC(c2ccc([C@@H](C)C(CC)(CC)c3ccc(C)cc3)cc2)CC1. The summed E-state index contributed by atoms with van der Waals surface area (Å²) >= 11 is 0. The van der Waals surface area contributed by atoms with Crippen LogP contribution in [0.25, 0.3) is 0 Å². The maximum atomic E-state index is 2.45. The highest BCUT2D eigenvalue weighted by Gasteiger charge is 2.35. The molecule has 158 valence electrons. The first-order chi connectivity index (χ1) is 14.0. The Morgan fingerprint density at radius 3 is 1.93 bits per heavy atom. The lowest BCUT2D eigenvalue weighted by atomic mass is 9.65. The fourth-order valence-corrected chi connectivity index (χ4v) is 5.97. The minimum absolute atomic E-state index is 0.216. The molecule has 1 atom stereocenters. The van der Waals surface area contributed by atoms with Crippen LogP contribution in [0, 0.1) is 12.8 Å². The first-order valence-electron chi connectivity index (χ1n) is 12.2. The number of benzene rings is 2. The Morgan fingerprint density at radius 1 is 0.828 bits per heavy atom. The number of rotatable bonds is 8. The van der Waals surface area contributed by atoms with Crippen molar-refractivity contribution < 1.29 is 0 Å². The summed E-state index contributed by atoms with van der Waals surface area (Å²) < 4.78 is 0. The maximum absolute atomic E-state index is 2.45. The zero-order valence-electron chi connectivity index (χ0n) is 19.5. The van der Waals surface area contributed by atoms with Gasteiger partial charge in [-0.3, -0.25) is 0 Å². The van der Waals surface area contributed by atoms with Gasteiger partial charge in [-0.05, 0) is 79.9 Å². The van der Waals surface area contributed by atoms with Crippen molar-refractivity contribution in [2.75, 3.05) is 0 Å². The molecular formula is C29H42. The van der Waals surface area contributed by atoms with Gasteiger partial charge in [-0.2, -0.15) is 0 Å². The lowest BCUT2D eigenvalue weighted by Gasteiger charge is -2.39. The molecule has 1 fully saturated rings. The molecule has 0 saturated heterocycles. The van der Waals surface area contributed by atoms with Crippen LogP contribution >= 0.6 is 0 Å². The van der Waals surface area contributed by atoms with Crippen LogP contribution in [0.1, 0.15) is 113 Å². The van der Waals surface area contributed by atoms with Crippen molar-refractivity contribution in [2.45, 2.75) is 103 Å². The fourth-order valence-electron chi connectivity index (χ4n) is 5.97. The molecule has 0 aromatic heterocycles. The average molecular weight is 391 g/mol. The Labute approximate surface area is 180 Å². The highest BCUT2D eigenvalue weighted by Crippen LogP contribution is 2.45. The molecule has 2 aromatic rings. The molecule has 1 saturated carbocycles. The quantitative estimate of drug-likeness (QED) is 0.422. The van der Waals surface area contributed by atoms with Crippen LogP contribution in [0.4, 0.5) is 0 Å². The van der Waals surface area contributed by atoms with Crippen LogP contribution in [0.5, 0.6) is 0 Å². The molecule has 0 N–H and O–H groups in total. The van der Waals surface area contributed by atoms with Crippen LogP contribution in [-0.2, 0) is 5.41 Å². The van der Waals surface area contributed by atoms with Gasteiger partial charge in [-0.1, -0.05) is 94.6 Å². The van der Waals surface area contributed by atoms with E-state index in [1.165, 1.54) is 68.1 Å². The van der Waals surface area contributed by atoms with E-state index in [4.69, 9.17) is 0 Å². The van der Waals surface area contributed by atoms with Crippen LogP contribution < -0.4 is 0 Å². The Hall–Kier alpha value is -1.56. The summed E-state index contributed by atoms with van der Waals surface area (Å²) in [4.78, 5) is 0. The molecule has 0 amide bonds. The number of aryl methyl sites for hydroxylation is 1. The van der Waals surface area contributed by atoms with Crippen LogP contribution in [0.15, 0.2) is 48.5 Å². The van der Waals surface area contributed by atoms with Crippen LogP contribution in [0.2, 0.25) is 0 Å². The molecule has 3 rings (SSSR count). The number of hydrogen-bond donors (Lipinski definition) is 0. The average Bonchev–Trinajstić information content (AvgIpc) is 2.77. The molecule has 0 spiro atoms. The van der Waals surface area contributed by atoms with E-state index in [0.29, 0.717) is 5.92 Å². The van der Waals surface area contributed by atoms with Gasteiger partial charge in [0.2, 0.25) is 0 Å². The van der Waals surface area contributed by atoms with Crippen molar-refractivity contribution in [2.24, 2.45) is 5.92 Å². The van der Waals surface area contributed by atoms with E-state index in [1.807, 2.05) is 0 Å². The molecule has 0 bridgehead atoms. The molecule has 0 heterocycles. The molecule has 0 nitrogen and oxygen atoms in total. The Kier molecular flexibility index (Phi) is 7.60. The molecular weight excluding hydrogens is 348 g/mol. The Morgan fingerprint density at radius 2 is 1.41 bits per heavy atom. The topological polar surface area (TPSA) is 0 Å². The predicted octanol–water partition coefficient (Wildman–Crippen LogP) is 8.93. The van der Waals surface area contributed by atoms with Crippen molar-refractivity contribution in [1.29, 1.82) is 0 Å². The third-order valence-electron chi connectivity index (χ3n) is 8.17. The molecule has 29 heavy (non-hydrogen) atoms. The molecule has 0 unspecified atom stereocenters. The van der Waals surface area contributed by atoms with Gasteiger partial charge in [0.15, 0.2) is 0 Å². The summed E-state index contributed by atoms with van der Waals surface area (Å²) in [6.45, 7) is 11.7. The second-order valence-electron chi connectivity index (χ2n) is 9.62. The summed E-state index contributed by atoms with van der Waals surface area (Å²) in [5.41, 5.74) is 6.13. The van der Waals surface area contributed by atoms with E-state index in [9.17, 15) is 0 Å². The van der Waals surface area contributed by atoms with Crippen molar-refractivity contribution in [3.63, 3.8) is 0 Å². The van der Waals surface area contributed by atoms with E-state index in [2.05, 4.69) is 83.1 Å². The third kappa shape index (κ3) is 4.79. The lowest BCUT2D eigenvalue weighted by Crippen LogP contribution is -2.31. The van der Waals surface area contributed by atoms with Gasteiger partial charge in [0.05, 0.1) is 0 Å². The van der Waals surface area contributed by atoms with E-state index < -0.39 is 0 Å². The van der Waals surface area contributed by atoms with E-state index in [0.717, 1.165) is 11.8 Å². The van der Waals surface area contributed by atoms with Gasteiger partial charge in [0, 0.05) is 5.41 Å². The van der Waals surface area contributed by atoms with Gasteiger partial charge >= 0.3 is 0 Å². The van der Waals surface area contributed by atoms with Crippen LogP contribution in [-0.4, -0.2) is 0 Å². The normalized spacial score (nSPS) is 21.1. The highest BCUT2D eigenvalue weighted by molar-refractivity contribution is 5.36. The van der Waals surface area contributed by atoms with E-state index in [-0.39, 0.29) is 5.41 Å². The van der Waals surface area contributed by atoms with Crippen molar-refractivity contribution in [1.82, 2.24) is 0 Å². The monoisotopic (exact) mass is 390 g/mol. The lowest BCUT2D eigenvalue weighted by molar-refractivity contribution is 0.308. The van der Waals surface area contributed by atoms with Gasteiger partial charge in [-0.25, -0.2) is 0 Å². The third-order valence-corrected chi connectivity index (χ3v) is 8.17. The Balaban J connectivity index is 1.76. The summed E-state index contributed by atoms with van der Waals surface area (Å²) in [6.07, 6.45) is 10.8. The summed E-state index contributed by atoms with van der Waals surface area (Å²) in [5, 5.41) is 0. The minimum atomic E-state index is 0.216. The molecule has 1 aliphatic rings. The summed E-state index contributed by atoms with van der Waals surface area (Å²) in [7, 11) is 0. The molecule has 0 radical (unpaired) electrons.